The van der Waals surface area contributed by atoms with E-state index in [4.69, 9.17) is 37.0 Å². The third kappa shape index (κ3) is 78.0. The van der Waals surface area contributed by atoms with Gasteiger partial charge in [-0.1, -0.05) is 286 Å². The molecule has 0 aliphatic carbocycles. The fourth-order valence-corrected chi connectivity index (χ4v) is 11.6. The summed E-state index contributed by atoms with van der Waals surface area (Å²) in [6.45, 7) is 4.27. The second-order valence-corrected chi connectivity index (χ2v) is 29.1. The molecule has 0 heterocycles. The van der Waals surface area contributed by atoms with Crippen LogP contribution in [0.15, 0.2) is 194 Å². The number of hydrogen-bond acceptors (Lipinski definition) is 15. The van der Waals surface area contributed by atoms with Gasteiger partial charge in [-0.2, -0.15) is 0 Å². The van der Waals surface area contributed by atoms with Gasteiger partial charge in [0.15, 0.2) is 12.2 Å². The number of phosphoric ester groups is 2. The number of ether oxygens (including phenoxy) is 4. The van der Waals surface area contributed by atoms with Crippen LogP contribution in [0.2, 0.25) is 0 Å². The van der Waals surface area contributed by atoms with Crippen molar-refractivity contribution in [2.45, 2.75) is 303 Å². The van der Waals surface area contributed by atoms with Crippen molar-refractivity contribution >= 4 is 39.5 Å². The monoisotopic (exact) mass is 1540 g/mol. The quantitative estimate of drug-likeness (QED) is 0.0169. The van der Waals surface area contributed by atoms with Gasteiger partial charge in [0, 0.05) is 25.7 Å². The zero-order chi connectivity index (χ0) is 78.9. The number of unbranched alkanes of at least 4 members (excludes halogenated alkanes) is 16. The van der Waals surface area contributed by atoms with E-state index in [1.807, 2.05) is 18.2 Å². The molecule has 0 spiro atoms. The van der Waals surface area contributed by atoms with E-state index in [9.17, 15) is 43.2 Å². The predicted molar refractivity (Wildman–Crippen MR) is 445 cm³/mol. The number of carbonyl (C=O) groups is 4. The number of rotatable bonds is 74. The Morgan fingerprint density at radius 2 is 0.472 bits per heavy atom. The van der Waals surface area contributed by atoms with Crippen LogP contribution in [0.3, 0.4) is 0 Å². The molecule has 0 radical (unpaired) electrons. The maximum atomic E-state index is 13.1. The Balaban J connectivity index is 5.50. The van der Waals surface area contributed by atoms with Crippen LogP contribution in [0.25, 0.3) is 0 Å². The topological polar surface area (TPSA) is 237 Å². The standard InChI is InChI=1S/C89H142O17P2/c1-5-9-13-17-21-25-29-33-37-39-41-43-47-50-54-58-62-66-70-74-87(92)100-80-85(106-89(94)76-72-68-64-60-56-52-48-44-42-40-38-34-30-26-22-18-14-10-6-2)82-104-108(97,98)102-78-83(90)77-101-107(95,96)103-81-84(105-88(93)75-71-67-63-59-55-51-46-36-32-28-24-20-16-12-8-4)79-99-86(91)73-69-65-61-57-53-49-45-35-31-27-23-19-15-11-7-3/h9-16,21-28,33-38,41-46,50,54,62,66,83-85,90H,5-8,17-20,29-32,39-40,47-49,51-53,55-61,63-65,67-82H2,1-4H3,(H,95,96)(H,97,98)/b13-9-,14-10-,15-11-,16-12-,25-21-,26-22-,27-23-,28-24-,37-33-,38-34-,43-41-,44-42-,45-35-,46-36-,54-50-,66-62-. The van der Waals surface area contributed by atoms with Crippen molar-refractivity contribution in [2.24, 2.45) is 0 Å². The predicted octanol–water partition coefficient (Wildman–Crippen LogP) is 24.1. The molecule has 5 unspecified atom stereocenters. The van der Waals surface area contributed by atoms with Crippen molar-refractivity contribution in [1.29, 1.82) is 0 Å². The molecule has 0 bridgehead atoms. The van der Waals surface area contributed by atoms with Crippen LogP contribution in [0.4, 0.5) is 0 Å². The van der Waals surface area contributed by atoms with E-state index in [1.54, 1.807) is 0 Å². The van der Waals surface area contributed by atoms with Gasteiger partial charge in [-0.3, -0.25) is 37.3 Å². The highest BCUT2D eigenvalue weighted by molar-refractivity contribution is 7.47. The van der Waals surface area contributed by atoms with Crippen molar-refractivity contribution < 1.29 is 80.2 Å². The summed E-state index contributed by atoms with van der Waals surface area (Å²) in [5, 5.41) is 10.7. The fraction of sp³-hybridized carbons (Fsp3) is 0.596. The lowest BCUT2D eigenvalue weighted by Gasteiger charge is -2.21. The molecule has 0 amide bonds. The Morgan fingerprint density at radius 3 is 0.750 bits per heavy atom. The van der Waals surface area contributed by atoms with Crippen LogP contribution in [0, 0.1) is 0 Å². The van der Waals surface area contributed by atoms with Gasteiger partial charge in [0.1, 0.15) is 19.3 Å². The van der Waals surface area contributed by atoms with Gasteiger partial charge >= 0.3 is 39.5 Å². The third-order valence-corrected chi connectivity index (χ3v) is 18.0. The first-order chi connectivity index (χ1) is 52.7. The summed E-state index contributed by atoms with van der Waals surface area (Å²) in [4.78, 5) is 73.1. The molecule has 5 atom stereocenters. The van der Waals surface area contributed by atoms with Crippen LogP contribution < -0.4 is 0 Å². The van der Waals surface area contributed by atoms with Crippen LogP contribution in [-0.2, 0) is 65.4 Å². The minimum absolute atomic E-state index is 0.0246. The summed E-state index contributed by atoms with van der Waals surface area (Å²) in [6, 6.07) is 0. The van der Waals surface area contributed by atoms with E-state index in [0.29, 0.717) is 32.1 Å². The Hall–Kier alpha value is -6.10. The molecule has 0 aromatic carbocycles. The minimum Gasteiger partial charge on any atom is -0.462 e. The molecule has 3 N–H and O–H groups in total. The summed E-state index contributed by atoms with van der Waals surface area (Å²) in [5.41, 5.74) is 0. The van der Waals surface area contributed by atoms with Gasteiger partial charge in [0.25, 0.3) is 0 Å². The van der Waals surface area contributed by atoms with E-state index in [1.165, 1.54) is 0 Å². The zero-order valence-electron chi connectivity index (χ0n) is 66.7. The van der Waals surface area contributed by atoms with Gasteiger partial charge in [-0.25, -0.2) is 9.13 Å². The number of carbonyl (C=O) groups excluding carboxylic acids is 4. The van der Waals surface area contributed by atoms with Gasteiger partial charge in [-0.05, 0) is 167 Å². The summed E-state index contributed by atoms with van der Waals surface area (Å²) in [7, 11) is -10.0. The van der Waals surface area contributed by atoms with Crippen molar-refractivity contribution in [1.82, 2.24) is 0 Å². The number of allylic oxidation sites excluding steroid dienone is 32. The lowest BCUT2D eigenvalue weighted by molar-refractivity contribution is -0.161. The summed E-state index contributed by atoms with van der Waals surface area (Å²) < 4.78 is 68.6. The van der Waals surface area contributed by atoms with Gasteiger partial charge in [0.2, 0.25) is 0 Å². The second kappa shape index (κ2) is 79.0. The molecule has 19 heteroatoms. The Labute approximate surface area is 653 Å². The Morgan fingerprint density at radius 1 is 0.259 bits per heavy atom. The average molecular weight is 1550 g/mol. The first kappa shape index (κ1) is 102. The molecule has 0 saturated heterocycles. The molecule has 0 aromatic heterocycles. The molecule has 0 rings (SSSR count). The van der Waals surface area contributed by atoms with Crippen LogP contribution in [0.1, 0.15) is 285 Å². The zero-order valence-corrected chi connectivity index (χ0v) is 68.5. The maximum Gasteiger partial charge on any atom is 0.472 e. The highest BCUT2D eigenvalue weighted by Crippen LogP contribution is 2.45. The molecule has 17 nitrogen and oxygen atoms in total. The number of aliphatic hydroxyl groups excluding tert-OH is 1. The first-order valence-electron chi connectivity index (χ1n) is 40.7. The highest BCUT2D eigenvalue weighted by Gasteiger charge is 2.30. The van der Waals surface area contributed by atoms with Crippen molar-refractivity contribution in [2.75, 3.05) is 39.6 Å². The molecular weight excluding hydrogens is 1400 g/mol. The lowest BCUT2D eigenvalue weighted by atomic mass is 10.1. The summed E-state index contributed by atoms with van der Waals surface area (Å²) >= 11 is 0. The Bertz CT molecular complexity index is 2810. The van der Waals surface area contributed by atoms with E-state index < -0.39 is 97.5 Å². The fourth-order valence-electron chi connectivity index (χ4n) is 10.0. The molecule has 108 heavy (non-hydrogen) atoms. The molecule has 0 saturated carbocycles. The third-order valence-electron chi connectivity index (χ3n) is 16.1. The van der Waals surface area contributed by atoms with Crippen molar-refractivity contribution in [3.05, 3.63) is 194 Å². The largest absolute Gasteiger partial charge is 0.472 e. The van der Waals surface area contributed by atoms with Crippen LogP contribution >= 0.6 is 15.6 Å². The van der Waals surface area contributed by atoms with E-state index >= 15 is 0 Å². The minimum atomic E-state index is -5.01. The van der Waals surface area contributed by atoms with E-state index in [0.717, 1.165) is 199 Å². The molecule has 610 valence electrons. The lowest BCUT2D eigenvalue weighted by Crippen LogP contribution is -2.30. The molecular formula is C89H142O17P2. The highest BCUT2D eigenvalue weighted by atomic mass is 31.2. The van der Waals surface area contributed by atoms with Crippen LogP contribution in [-0.4, -0.2) is 96.7 Å². The summed E-state index contributed by atoms with van der Waals surface area (Å²) in [6.07, 6.45) is 97.0. The van der Waals surface area contributed by atoms with E-state index in [-0.39, 0.29) is 25.7 Å². The van der Waals surface area contributed by atoms with Gasteiger partial charge in [0.05, 0.1) is 26.4 Å². The smallest absolute Gasteiger partial charge is 0.462 e. The van der Waals surface area contributed by atoms with E-state index in [2.05, 4.69) is 204 Å². The van der Waals surface area contributed by atoms with Crippen molar-refractivity contribution in [3.63, 3.8) is 0 Å². The molecule has 0 fully saturated rings. The second-order valence-electron chi connectivity index (χ2n) is 26.2. The molecule has 0 aliphatic rings. The molecule has 0 aliphatic heterocycles. The number of phosphoric acid groups is 2. The summed E-state index contributed by atoms with van der Waals surface area (Å²) in [5.74, 6) is -2.34. The van der Waals surface area contributed by atoms with Gasteiger partial charge in [-0.15, -0.1) is 0 Å². The SMILES string of the molecule is CC/C=C\C/C=C\C/C=C\C/C=C\C/C=C\C/C=C\CCC(=O)OCC(COP(=O)(O)OCC(O)COP(=O)(O)OCC(COC(=O)CCCCCCC/C=C\C/C=C\C/C=C\CC)OC(=O)CCCCCCC/C=C\C/C=C\C/C=C\CC)OC(=O)CCCCCCCC/C=C\C/C=C\C/C=C\C/C=C\CC. The maximum absolute atomic E-state index is 13.1. The average Bonchev–Trinajstić information content (AvgIpc) is 0.896. The molecule has 0 aromatic rings. The number of hydrogen-bond donors (Lipinski definition) is 3. The number of aliphatic hydroxyl groups is 1. The van der Waals surface area contributed by atoms with Gasteiger partial charge < -0.3 is 33.8 Å². The Kier molecular flexibility index (Phi) is 74.5. The normalized spacial score (nSPS) is 14.8. The van der Waals surface area contributed by atoms with Crippen molar-refractivity contribution in [3.8, 4) is 0 Å². The number of esters is 4. The van der Waals surface area contributed by atoms with Crippen LogP contribution in [0.5, 0.6) is 0 Å². The first-order valence-corrected chi connectivity index (χ1v) is 43.7.